The second kappa shape index (κ2) is 11.5. The molecule has 0 aliphatic carbocycles. The minimum Gasteiger partial charge on any atom is -0.450 e. The summed E-state index contributed by atoms with van der Waals surface area (Å²) in [4.78, 5) is 42.9. The highest BCUT2D eigenvalue weighted by Gasteiger charge is 2.27. The standard InChI is InChI=1S/C32H33N7O4S/c1-19-25(18-37-9-11-39(12-10-37)32(41)24-17-21-3-2-4-23(29(34)40)27(21)43-24)44-28-26(19)35-30(20-5-7-22(33)8-6-20)36-31(28)38-13-15-42-16-14-38/h2-8,17H,9-16,18,33H2,1H3,(H2,34,40). The van der Waals surface area contributed by atoms with Crippen LogP contribution >= 0.6 is 11.3 Å². The van der Waals surface area contributed by atoms with Gasteiger partial charge in [0.15, 0.2) is 17.4 Å². The van der Waals surface area contributed by atoms with Gasteiger partial charge in [-0.25, -0.2) is 9.97 Å². The third-order valence-electron chi connectivity index (χ3n) is 8.37. The number of nitrogens with zero attached hydrogens (tertiary/aromatic N) is 5. The maximum Gasteiger partial charge on any atom is 0.289 e. The van der Waals surface area contributed by atoms with Crippen LogP contribution < -0.4 is 16.4 Å². The Hall–Kier alpha value is -4.52. The lowest BCUT2D eigenvalue weighted by Crippen LogP contribution is -2.48. The van der Waals surface area contributed by atoms with E-state index < -0.39 is 5.91 Å². The molecule has 2 aliphatic heterocycles. The van der Waals surface area contributed by atoms with E-state index in [0.29, 0.717) is 48.8 Å². The lowest BCUT2D eigenvalue weighted by molar-refractivity contribution is 0.0600. The molecule has 0 spiro atoms. The molecular weight excluding hydrogens is 578 g/mol. The van der Waals surface area contributed by atoms with E-state index in [1.807, 2.05) is 24.3 Å². The van der Waals surface area contributed by atoms with Crippen LogP contribution in [0.2, 0.25) is 0 Å². The van der Waals surface area contributed by atoms with Gasteiger partial charge in [-0.1, -0.05) is 12.1 Å². The van der Waals surface area contributed by atoms with Crippen molar-refractivity contribution in [2.24, 2.45) is 5.73 Å². The summed E-state index contributed by atoms with van der Waals surface area (Å²) in [6, 6.07) is 14.5. The Bertz CT molecular complexity index is 1870. The molecule has 12 heteroatoms. The van der Waals surface area contributed by atoms with Gasteiger partial charge in [-0.2, -0.15) is 0 Å². The number of aryl methyl sites for hydroxylation is 1. The highest BCUT2D eigenvalue weighted by molar-refractivity contribution is 7.19. The Kier molecular flexibility index (Phi) is 7.40. The molecule has 2 saturated heterocycles. The average Bonchev–Trinajstić information content (AvgIpc) is 3.62. The first-order valence-electron chi connectivity index (χ1n) is 14.7. The summed E-state index contributed by atoms with van der Waals surface area (Å²) in [6.45, 7) is 8.41. The fraction of sp³-hybridized carbons (Fsp3) is 0.312. The van der Waals surface area contributed by atoms with E-state index in [-0.39, 0.29) is 17.2 Å². The highest BCUT2D eigenvalue weighted by Crippen LogP contribution is 2.38. The van der Waals surface area contributed by atoms with Crippen LogP contribution in [0.25, 0.3) is 32.6 Å². The number of para-hydroxylation sites is 1. The molecule has 3 aromatic heterocycles. The summed E-state index contributed by atoms with van der Waals surface area (Å²) < 4.78 is 12.5. The molecule has 2 amide bonds. The number of rotatable bonds is 6. The third-order valence-corrected chi connectivity index (χ3v) is 9.63. The topological polar surface area (TPSA) is 144 Å². The first-order valence-corrected chi connectivity index (χ1v) is 15.5. The molecule has 0 unspecified atom stereocenters. The van der Waals surface area contributed by atoms with Crippen molar-refractivity contribution in [1.82, 2.24) is 19.8 Å². The summed E-state index contributed by atoms with van der Waals surface area (Å²) in [5.74, 6) is 1.08. The first kappa shape index (κ1) is 28.3. The van der Waals surface area contributed by atoms with Gasteiger partial charge in [0.1, 0.15) is 5.58 Å². The summed E-state index contributed by atoms with van der Waals surface area (Å²) in [6.07, 6.45) is 0. The Balaban J connectivity index is 1.11. The zero-order valence-corrected chi connectivity index (χ0v) is 25.2. The van der Waals surface area contributed by atoms with Crippen molar-refractivity contribution in [1.29, 1.82) is 0 Å². The van der Waals surface area contributed by atoms with Gasteiger partial charge in [0.2, 0.25) is 0 Å². The number of thiophene rings is 1. The Labute approximate surface area is 258 Å². The predicted molar refractivity (Wildman–Crippen MR) is 171 cm³/mol. The predicted octanol–water partition coefficient (Wildman–Crippen LogP) is 3.89. The summed E-state index contributed by atoms with van der Waals surface area (Å²) >= 11 is 1.75. The van der Waals surface area contributed by atoms with Crippen LogP contribution in [-0.4, -0.2) is 84.1 Å². The van der Waals surface area contributed by atoms with Crippen molar-refractivity contribution in [2.75, 3.05) is 63.1 Å². The molecule has 0 saturated carbocycles. The number of amides is 2. The Morgan fingerprint density at radius 3 is 2.45 bits per heavy atom. The fourth-order valence-corrected chi connectivity index (χ4v) is 7.16. The normalized spacial score (nSPS) is 16.2. The zero-order valence-electron chi connectivity index (χ0n) is 24.4. The SMILES string of the molecule is Cc1c(CN2CCN(C(=O)c3cc4cccc(C(N)=O)c4o3)CC2)sc2c(N3CCOCC3)nc(-c3ccc(N)cc3)nc12. The monoisotopic (exact) mass is 611 g/mol. The number of carbonyl (C=O) groups is 2. The van der Waals surface area contributed by atoms with Crippen LogP contribution in [0.3, 0.4) is 0 Å². The van der Waals surface area contributed by atoms with Gasteiger partial charge in [0.05, 0.1) is 29.0 Å². The summed E-state index contributed by atoms with van der Waals surface area (Å²) in [7, 11) is 0. The molecule has 4 N–H and O–H groups in total. The van der Waals surface area contributed by atoms with E-state index in [4.69, 9.17) is 30.6 Å². The molecule has 44 heavy (non-hydrogen) atoms. The van der Waals surface area contributed by atoms with E-state index in [0.717, 1.165) is 59.9 Å². The molecule has 5 heterocycles. The molecule has 11 nitrogen and oxygen atoms in total. The van der Waals surface area contributed by atoms with Crippen LogP contribution in [0, 0.1) is 6.92 Å². The zero-order chi connectivity index (χ0) is 30.4. The van der Waals surface area contributed by atoms with Gasteiger partial charge in [-0.15, -0.1) is 11.3 Å². The Morgan fingerprint density at radius 1 is 0.977 bits per heavy atom. The molecule has 0 atom stereocenters. The number of morpholine rings is 1. The summed E-state index contributed by atoms with van der Waals surface area (Å²) in [5.41, 5.74) is 15.8. The number of primary amides is 1. The average molecular weight is 612 g/mol. The van der Waals surface area contributed by atoms with Crippen LogP contribution in [0.1, 0.15) is 31.4 Å². The van der Waals surface area contributed by atoms with Crippen molar-refractivity contribution in [3.8, 4) is 11.4 Å². The van der Waals surface area contributed by atoms with Crippen LogP contribution in [0.5, 0.6) is 0 Å². The van der Waals surface area contributed by atoms with Gasteiger partial charge in [0, 0.05) is 67.3 Å². The largest absolute Gasteiger partial charge is 0.450 e. The van der Waals surface area contributed by atoms with E-state index in [9.17, 15) is 9.59 Å². The summed E-state index contributed by atoms with van der Waals surface area (Å²) in [5, 5.41) is 0.683. The minimum atomic E-state index is -0.585. The number of nitrogen functional groups attached to an aromatic ring is 1. The lowest BCUT2D eigenvalue weighted by Gasteiger charge is -2.34. The number of aromatic nitrogens is 2. The molecule has 5 aromatic rings. The van der Waals surface area contributed by atoms with Gasteiger partial charge >= 0.3 is 0 Å². The van der Waals surface area contributed by atoms with Crippen LogP contribution in [-0.2, 0) is 11.3 Å². The van der Waals surface area contributed by atoms with E-state index in [1.54, 1.807) is 40.5 Å². The number of carbonyl (C=O) groups excluding carboxylic acids is 2. The van der Waals surface area contributed by atoms with Crippen molar-refractivity contribution in [3.63, 3.8) is 0 Å². The maximum atomic E-state index is 13.3. The van der Waals surface area contributed by atoms with Crippen molar-refractivity contribution in [3.05, 3.63) is 70.3 Å². The molecule has 2 fully saturated rings. The number of fused-ring (bicyclic) bond motifs is 2. The number of ether oxygens (including phenoxy) is 1. The number of benzene rings is 2. The van der Waals surface area contributed by atoms with E-state index in [2.05, 4.69) is 16.7 Å². The smallest absolute Gasteiger partial charge is 0.289 e. The maximum absolute atomic E-state index is 13.3. The Morgan fingerprint density at radius 2 is 1.73 bits per heavy atom. The second-order valence-corrected chi connectivity index (χ2v) is 12.3. The van der Waals surface area contributed by atoms with Gasteiger partial charge < -0.3 is 30.4 Å². The van der Waals surface area contributed by atoms with E-state index >= 15 is 0 Å². The lowest BCUT2D eigenvalue weighted by atomic mass is 10.1. The van der Waals surface area contributed by atoms with Crippen molar-refractivity contribution >= 4 is 55.8 Å². The van der Waals surface area contributed by atoms with Gasteiger partial charge in [0.25, 0.3) is 11.8 Å². The van der Waals surface area contributed by atoms with Crippen molar-refractivity contribution in [2.45, 2.75) is 13.5 Å². The number of anilines is 2. The molecule has 7 rings (SSSR count). The number of nitrogens with two attached hydrogens (primary N) is 2. The molecule has 0 bridgehead atoms. The molecule has 2 aromatic carbocycles. The number of piperazine rings is 1. The number of furan rings is 1. The quantitative estimate of drug-likeness (QED) is 0.273. The molecule has 226 valence electrons. The van der Waals surface area contributed by atoms with Gasteiger partial charge in [-0.05, 0) is 48.9 Å². The third kappa shape index (κ3) is 5.25. The fourth-order valence-electron chi connectivity index (χ4n) is 5.85. The number of hydrogen-bond donors (Lipinski definition) is 2. The molecular formula is C32H33N7O4S. The molecule has 0 radical (unpaired) electrons. The number of hydrogen-bond acceptors (Lipinski definition) is 10. The van der Waals surface area contributed by atoms with Crippen LogP contribution in [0.4, 0.5) is 11.5 Å². The molecule has 2 aliphatic rings. The van der Waals surface area contributed by atoms with E-state index in [1.165, 1.54) is 4.88 Å². The highest BCUT2D eigenvalue weighted by atomic mass is 32.1. The second-order valence-electron chi connectivity index (χ2n) is 11.2. The van der Waals surface area contributed by atoms with Gasteiger partial charge in [-0.3, -0.25) is 14.5 Å². The first-order chi connectivity index (χ1) is 21.4. The van der Waals surface area contributed by atoms with Crippen LogP contribution in [0.15, 0.2) is 52.9 Å². The van der Waals surface area contributed by atoms with Crippen molar-refractivity contribution < 1.29 is 18.7 Å². The minimum absolute atomic E-state index is 0.185.